The molecular weight excluding hydrogens is 238 g/mol. The van der Waals surface area contributed by atoms with Gasteiger partial charge < -0.3 is 15.1 Å². The van der Waals surface area contributed by atoms with Crippen LogP contribution in [0.4, 0.5) is 0 Å². The monoisotopic (exact) mass is 265 g/mol. The van der Waals surface area contributed by atoms with Gasteiger partial charge in [-0.1, -0.05) is 20.8 Å². The van der Waals surface area contributed by atoms with Crippen LogP contribution >= 0.6 is 0 Å². The van der Waals surface area contributed by atoms with Gasteiger partial charge in [0.05, 0.1) is 6.26 Å². The molecule has 2 N–H and O–H groups in total. The fraction of sp³-hybridized carbons (Fsp3) is 0.667. The molecule has 0 radical (unpaired) electrons. The van der Waals surface area contributed by atoms with Gasteiger partial charge >= 0.3 is 0 Å². The van der Waals surface area contributed by atoms with Gasteiger partial charge in [-0.15, -0.1) is 0 Å². The summed E-state index contributed by atoms with van der Waals surface area (Å²) in [5.41, 5.74) is 0. The third-order valence-electron chi connectivity index (χ3n) is 2.85. The minimum atomic E-state index is 0.432. The van der Waals surface area contributed by atoms with Crippen molar-refractivity contribution in [2.45, 2.75) is 46.6 Å². The Balaban J connectivity index is 2.41. The van der Waals surface area contributed by atoms with Crippen molar-refractivity contribution in [1.82, 2.24) is 10.6 Å². The van der Waals surface area contributed by atoms with Crippen LogP contribution in [0.5, 0.6) is 0 Å². The molecule has 0 saturated carbocycles. The third-order valence-corrected chi connectivity index (χ3v) is 2.85. The van der Waals surface area contributed by atoms with Crippen LogP contribution in [-0.2, 0) is 6.42 Å². The molecule has 4 heteroatoms. The first kappa shape index (κ1) is 15.6. The number of aliphatic imine (C=N–C) groups is 1. The second-order valence-electron chi connectivity index (χ2n) is 5.29. The van der Waals surface area contributed by atoms with Gasteiger partial charge in [-0.2, -0.15) is 0 Å². The molecule has 0 aromatic carbocycles. The molecule has 19 heavy (non-hydrogen) atoms. The highest BCUT2D eigenvalue weighted by Crippen LogP contribution is 1.99. The SMILES string of the molecule is CCC(C)NC(=NCC(C)C)NCCc1ccco1. The van der Waals surface area contributed by atoms with E-state index in [1.807, 2.05) is 12.1 Å². The summed E-state index contributed by atoms with van der Waals surface area (Å²) in [4.78, 5) is 4.59. The molecule has 0 amide bonds. The fourth-order valence-electron chi connectivity index (χ4n) is 1.52. The molecule has 4 nitrogen and oxygen atoms in total. The second kappa shape index (κ2) is 8.62. The molecular formula is C15H27N3O. The van der Waals surface area contributed by atoms with Crippen molar-refractivity contribution >= 4 is 5.96 Å². The Morgan fingerprint density at radius 2 is 2.16 bits per heavy atom. The molecule has 0 spiro atoms. The maximum Gasteiger partial charge on any atom is 0.191 e. The van der Waals surface area contributed by atoms with E-state index in [4.69, 9.17) is 4.42 Å². The van der Waals surface area contributed by atoms with Crippen molar-refractivity contribution in [2.24, 2.45) is 10.9 Å². The summed E-state index contributed by atoms with van der Waals surface area (Å²) in [5, 5.41) is 6.77. The Kier molecular flexibility index (Phi) is 7.08. The Morgan fingerprint density at radius 3 is 2.74 bits per heavy atom. The highest BCUT2D eigenvalue weighted by atomic mass is 16.3. The molecule has 1 aromatic heterocycles. The van der Waals surface area contributed by atoms with Gasteiger partial charge in [-0.3, -0.25) is 4.99 Å². The molecule has 0 aliphatic rings. The highest BCUT2D eigenvalue weighted by molar-refractivity contribution is 5.80. The Morgan fingerprint density at radius 1 is 1.37 bits per heavy atom. The molecule has 0 fully saturated rings. The van der Waals surface area contributed by atoms with Crippen molar-refractivity contribution in [3.05, 3.63) is 24.2 Å². The number of hydrogen-bond acceptors (Lipinski definition) is 2. The van der Waals surface area contributed by atoms with E-state index >= 15 is 0 Å². The second-order valence-corrected chi connectivity index (χ2v) is 5.29. The maximum absolute atomic E-state index is 5.32. The Bertz CT molecular complexity index is 357. The molecule has 1 atom stereocenters. The fourth-order valence-corrected chi connectivity index (χ4v) is 1.52. The summed E-state index contributed by atoms with van der Waals surface area (Å²) in [6, 6.07) is 4.34. The summed E-state index contributed by atoms with van der Waals surface area (Å²) in [6.45, 7) is 10.3. The first-order valence-electron chi connectivity index (χ1n) is 7.19. The highest BCUT2D eigenvalue weighted by Gasteiger charge is 2.04. The number of hydrogen-bond donors (Lipinski definition) is 2. The quantitative estimate of drug-likeness (QED) is 0.589. The smallest absolute Gasteiger partial charge is 0.191 e. The van der Waals surface area contributed by atoms with E-state index in [1.54, 1.807) is 6.26 Å². The van der Waals surface area contributed by atoms with Gasteiger partial charge in [0.15, 0.2) is 5.96 Å². The molecule has 1 heterocycles. The van der Waals surface area contributed by atoms with Crippen molar-refractivity contribution in [2.75, 3.05) is 13.1 Å². The van der Waals surface area contributed by atoms with Crippen LogP contribution in [0.3, 0.4) is 0 Å². The average molecular weight is 265 g/mol. The minimum Gasteiger partial charge on any atom is -0.469 e. The lowest BCUT2D eigenvalue weighted by Crippen LogP contribution is -2.43. The predicted octanol–water partition coefficient (Wildman–Crippen LogP) is 2.81. The van der Waals surface area contributed by atoms with Crippen LogP contribution < -0.4 is 10.6 Å². The van der Waals surface area contributed by atoms with Gasteiger partial charge in [0, 0.05) is 25.6 Å². The van der Waals surface area contributed by atoms with E-state index in [-0.39, 0.29) is 0 Å². The molecule has 0 saturated heterocycles. The number of nitrogens with zero attached hydrogens (tertiary/aromatic N) is 1. The number of nitrogens with one attached hydrogen (secondary N) is 2. The third kappa shape index (κ3) is 6.89. The van der Waals surface area contributed by atoms with Gasteiger partial charge in [-0.05, 0) is 31.4 Å². The van der Waals surface area contributed by atoms with Gasteiger partial charge in [0.2, 0.25) is 0 Å². The van der Waals surface area contributed by atoms with Crippen LogP contribution in [0.25, 0.3) is 0 Å². The normalized spacial score (nSPS) is 13.6. The number of guanidine groups is 1. The van der Waals surface area contributed by atoms with E-state index in [9.17, 15) is 0 Å². The van der Waals surface area contributed by atoms with Crippen LogP contribution in [0, 0.1) is 5.92 Å². The standard InChI is InChI=1S/C15H27N3O/c1-5-13(4)18-15(17-11-12(2)3)16-9-8-14-7-6-10-19-14/h6-7,10,12-13H,5,8-9,11H2,1-4H3,(H2,16,17,18). The van der Waals surface area contributed by atoms with Crippen LogP contribution in [0.2, 0.25) is 0 Å². The zero-order valence-electron chi connectivity index (χ0n) is 12.6. The summed E-state index contributed by atoms with van der Waals surface area (Å²) in [7, 11) is 0. The van der Waals surface area contributed by atoms with Gasteiger partial charge in [0.25, 0.3) is 0 Å². The largest absolute Gasteiger partial charge is 0.469 e. The van der Waals surface area contributed by atoms with Crippen LogP contribution in [-0.4, -0.2) is 25.1 Å². The van der Waals surface area contributed by atoms with Crippen molar-refractivity contribution in [1.29, 1.82) is 0 Å². The molecule has 1 rings (SSSR count). The lowest BCUT2D eigenvalue weighted by Gasteiger charge is -2.17. The average Bonchev–Trinajstić information content (AvgIpc) is 2.88. The number of furan rings is 1. The first-order chi connectivity index (χ1) is 9.11. The van der Waals surface area contributed by atoms with E-state index in [2.05, 4.69) is 43.3 Å². The minimum absolute atomic E-state index is 0.432. The zero-order valence-corrected chi connectivity index (χ0v) is 12.6. The van der Waals surface area contributed by atoms with Crippen LogP contribution in [0.1, 0.15) is 39.9 Å². The predicted molar refractivity (Wildman–Crippen MR) is 80.4 cm³/mol. The van der Waals surface area contributed by atoms with Crippen molar-refractivity contribution in [3.63, 3.8) is 0 Å². The van der Waals surface area contributed by atoms with E-state index in [0.717, 1.165) is 37.7 Å². The van der Waals surface area contributed by atoms with Gasteiger partial charge in [-0.25, -0.2) is 0 Å². The Labute approximate surface area is 116 Å². The molecule has 1 aromatic rings. The summed E-state index contributed by atoms with van der Waals surface area (Å²) >= 11 is 0. The lowest BCUT2D eigenvalue weighted by atomic mass is 10.2. The van der Waals surface area contributed by atoms with Crippen molar-refractivity contribution < 1.29 is 4.42 Å². The molecule has 108 valence electrons. The first-order valence-corrected chi connectivity index (χ1v) is 7.19. The summed E-state index contributed by atoms with van der Waals surface area (Å²) in [6.07, 6.45) is 3.66. The topological polar surface area (TPSA) is 49.6 Å². The molecule has 0 aliphatic heterocycles. The lowest BCUT2D eigenvalue weighted by molar-refractivity contribution is 0.505. The van der Waals surface area contributed by atoms with Crippen molar-refractivity contribution in [3.8, 4) is 0 Å². The zero-order chi connectivity index (χ0) is 14.1. The van der Waals surface area contributed by atoms with E-state index in [0.29, 0.717) is 12.0 Å². The Hall–Kier alpha value is -1.45. The van der Waals surface area contributed by atoms with E-state index < -0.39 is 0 Å². The maximum atomic E-state index is 5.32. The van der Waals surface area contributed by atoms with Gasteiger partial charge in [0.1, 0.15) is 5.76 Å². The summed E-state index contributed by atoms with van der Waals surface area (Å²) in [5.74, 6) is 2.47. The summed E-state index contributed by atoms with van der Waals surface area (Å²) < 4.78 is 5.32. The molecule has 1 unspecified atom stereocenters. The van der Waals surface area contributed by atoms with Crippen LogP contribution in [0.15, 0.2) is 27.8 Å². The molecule has 0 bridgehead atoms. The number of rotatable bonds is 7. The van der Waals surface area contributed by atoms with E-state index in [1.165, 1.54) is 0 Å². The molecule has 0 aliphatic carbocycles.